The zero-order valence-electron chi connectivity index (χ0n) is 17.0. The number of amides is 2. The summed E-state index contributed by atoms with van der Waals surface area (Å²) in [5, 5.41) is 2.81. The summed E-state index contributed by atoms with van der Waals surface area (Å²) < 4.78 is 4.96. The average Bonchev–Trinajstić information content (AvgIpc) is 2.96. The number of carbonyl (C=O) groups excluding carboxylic acids is 3. The third-order valence-electron chi connectivity index (χ3n) is 4.42. The third kappa shape index (κ3) is 5.27. The molecule has 2 aromatic carbocycles. The van der Waals surface area contributed by atoms with Crippen molar-refractivity contribution >= 4 is 46.1 Å². The lowest BCUT2D eigenvalue weighted by Crippen LogP contribution is -2.30. The largest absolute Gasteiger partial charge is 0.462 e. The number of rotatable bonds is 6. The van der Waals surface area contributed by atoms with Crippen molar-refractivity contribution in [3.63, 3.8) is 0 Å². The molecule has 1 saturated heterocycles. The summed E-state index contributed by atoms with van der Waals surface area (Å²) >= 11 is 1.26. The standard InChI is InChI=1S/C22H23N3O4S/c1-4-29-21(28)15-8-10-16(11-9-15)24-22-25(3)20(27)18(30-22)13-19(26)23-17-7-5-6-14(2)12-17/h5-12,18H,4,13H2,1-3H3,(H,23,26)/t18-/m0/s1. The molecule has 8 heteroatoms. The fourth-order valence-electron chi connectivity index (χ4n) is 2.90. The van der Waals surface area contributed by atoms with E-state index in [1.807, 2.05) is 31.2 Å². The van der Waals surface area contributed by atoms with Crippen LogP contribution in [0.1, 0.15) is 29.3 Å². The van der Waals surface area contributed by atoms with Gasteiger partial charge in [0.05, 0.1) is 17.9 Å². The molecule has 1 heterocycles. The minimum Gasteiger partial charge on any atom is -0.462 e. The van der Waals surface area contributed by atoms with Crippen LogP contribution in [0.5, 0.6) is 0 Å². The molecule has 3 rings (SSSR count). The number of hydrogen-bond acceptors (Lipinski definition) is 6. The number of aliphatic imine (C=N–C) groups is 1. The number of ether oxygens (including phenoxy) is 1. The van der Waals surface area contributed by atoms with E-state index in [1.54, 1.807) is 38.2 Å². The van der Waals surface area contributed by atoms with Gasteiger partial charge in [-0.15, -0.1) is 0 Å². The van der Waals surface area contributed by atoms with Gasteiger partial charge in [-0.05, 0) is 55.8 Å². The van der Waals surface area contributed by atoms with Crippen LogP contribution in [0.4, 0.5) is 11.4 Å². The fourth-order valence-corrected chi connectivity index (χ4v) is 4.05. The van der Waals surface area contributed by atoms with Gasteiger partial charge >= 0.3 is 5.97 Å². The molecule has 0 unspecified atom stereocenters. The van der Waals surface area contributed by atoms with Crippen molar-refractivity contribution in [2.75, 3.05) is 19.0 Å². The first kappa shape index (κ1) is 21.6. The van der Waals surface area contributed by atoms with E-state index in [0.717, 1.165) is 5.56 Å². The van der Waals surface area contributed by atoms with Crippen LogP contribution in [0.15, 0.2) is 53.5 Å². The summed E-state index contributed by atoms with van der Waals surface area (Å²) in [6.45, 7) is 4.01. The highest BCUT2D eigenvalue weighted by molar-refractivity contribution is 8.15. The van der Waals surface area contributed by atoms with Crippen molar-refractivity contribution < 1.29 is 19.1 Å². The Morgan fingerprint density at radius 3 is 2.60 bits per heavy atom. The third-order valence-corrected chi connectivity index (χ3v) is 5.65. The molecule has 1 atom stereocenters. The number of hydrogen-bond donors (Lipinski definition) is 1. The molecule has 30 heavy (non-hydrogen) atoms. The molecule has 1 N–H and O–H groups in total. The molecule has 1 aliphatic heterocycles. The molecule has 1 fully saturated rings. The van der Waals surface area contributed by atoms with Gasteiger partial charge in [-0.25, -0.2) is 9.79 Å². The van der Waals surface area contributed by atoms with Gasteiger partial charge in [0.1, 0.15) is 5.25 Å². The van der Waals surface area contributed by atoms with Gasteiger partial charge in [0.25, 0.3) is 0 Å². The van der Waals surface area contributed by atoms with Crippen LogP contribution in [0.25, 0.3) is 0 Å². The Hall–Kier alpha value is -3.13. The summed E-state index contributed by atoms with van der Waals surface area (Å²) in [7, 11) is 1.64. The zero-order valence-corrected chi connectivity index (χ0v) is 17.9. The summed E-state index contributed by atoms with van der Waals surface area (Å²) in [6, 6.07) is 14.1. The van der Waals surface area contributed by atoms with Crippen LogP contribution >= 0.6 is 11.8 Å². The second-order valence-corrected chi connectivity index (χ2v) is 7.96. The SMILES string of the molecule is CCOC(=O)c1ccc(N=C2S[C@@H](CC(=O)Nc3cccc(C)c3)C(=O)N2C)cc1. The fraction of sp³-hybridized carbons (Fsp3) is 0.273. The summed E-state index contributed by atoms with van der Waals surface area (Å²) in [4.78, 5) is 42.6. The first-order valence-electron chi connectivity index (χ1n) is 9.54. The molecule has 0 aromatic heterocycles. The predicted octanol–water partition coefficient (Wildman–Crippen LogP) is 3.76. The van der Waals surface area contributed by atoms with Crippen molar-refractivity contribution in [2.45, 2.75) is 25.5 Å². The summed E-state index contributed by atoms with van der Waals surface area (Å²) in [5.41, 5.74) is 2.80. The maximum Gasteiger partial charge on any atom is 0.338 e. The van der Waals surface area contributed by atoms with Crippen LogP contribution in [-0.4, -0.2) is 46.8 Å². The van der Waals surface area contributed by atoms with Crippen molar-refractivity contribution in [2.24, 2.45) is 4.99 Å². The maximum atomic E-state index is 12.5. The highest BCUT2D eigenvalue weighted by atomic mass is 32.2. The quantitative estimate of drug-likeness (QED) is 0.712. The Morgan fingerprint density at radius 1 is 1.20 bits per heavy atom. The molecule has 0 saturated carbocycles. The lowest BCUT2D eigenvalue weighted by Gasteiger charge is -2.09. The topological polar surface area (TPSA) is 88.1 Å². The van der Waals surface area contributed by atoms with Crippen LogP contribution in [-0.2, 0) is 14.3 Å². The van der Waals surface area contributed by atoms with Gasteiger partial charge in [0.2, 0.25) is 11.8 Å². The zero-order chi connectivity index (χ0) is 21.7. The number of nitrogens with zero attached hydrogens (tertiary/aromatic N) is 2. The van der Waals surface area contributed by atoms with E-state index < -0.39 is 5.25 Å². The average molecular weight is 426 g/mol. The number of nitrogens with one attached hydrogen (secondary N) is 1. The Bertz CT molecular complexity index is 988. The molecular formula is C22H23N3O4S. The second kappa shape index (κ2) is 9.58. The smallest absolute Gasteiger partial charge is 0.338 e. The van der Waals surface area contributed by atoms with Crippen molar-refractivity contribution in [3.8, 4) is 0 Å². The molecular weight excluding hydrogens is 402 g/mol. The highest BCUT2D eigenvalue weighted by Gasteiger charge is 2.37. The Balaban J connectivity index is 1.65. The van der Waals surface area contributed by atoms with Crippen LogP contribution < -0.4 is 5.32 Å². The maximum absolute atomic E-state index is 12.5. The first-order chi connectivity index (χ1) is 14.4. The van der Waals surface area contributed by atoms with E-state index >= 15 is 0 Å². The van der Waals surface area contributed by atoms with Crippen LogP contribution in [0.2, 0.25) is 0 Å². The molecule has 1 aliphatic rings. The summed E-state index contributed by atoms with van der Waals surface area (Å²) in [6.07, 6.45) is 0.0581. The van der Waals surface area contributed by atoms with Gasteiger partial charge < -0.3 is 10.1 Å². The normalized spacial score (nSPS) is 17.3. The number of amidine groups is 1. The van der Waals surface area contributed by atoms with Gasteiger partial charge in [0.15, 0.2) is 5.17 Å². The lowest BCUT2D eigenvalue weighted by atomic mass is 10.2. The van der Waals surface area contributed by atoms with Gasteiger partial charge in [-0.2, -0.15) is 0 Å². The molecule has 156 valence electrons. The Morgan fingerprint density at radius 2 is 1.93 bits per heavy atom. The number of esters is 1. The second-order valence-electron chi connectivity index (χ2n) is 6.79. The molecule has 2 aromatic rings. The van der Waals surface area contributed by atoms with E-state index in [4.69, 9.17) is 4.74 Å². The van der Waals surface area contributed by atoms with Crippen molar-refractivity contribution in [1.29, 1.82) is 0 Å². The molecule has 0 aliphatic carbocycles. The predicted molar refractivity (Wildman–Crippen MR) is 118 cm³/mol. The molecule has 0 bridgehead atoms. The van der Waals surface area contributed by atoms with Gasteiger partial charge in [-0.3, -0.25) is 14.5 Å². The highest BCUT2D eigenvalue weighted by Crippen LogP contribution is 2.31. The Kier molecular flexibility index (Phi) is 6.89. The minimum atomic E-state index is -0.530. The van der Waals surface area contributed by atoms with E-state index in [-0.39, 0.29) is 24.2 Å². The first-order valence-corrected chi connectivity index (χ1v) is 10.4. The van der Waals surface area contributed by atoms with Crippen LogP contribution in [0.3, 0.4) is 0 Å². The number of anilines is 1. The van der Waals surface area contributed by atoms with Crippen molar-refractivity contribution in [3.05, 3.63) is 59.7 Å². The number of thioether (sulfide) groups is 1. The molecule has 0 spiro atoms. The van der Waals surface area contributed by atoms with Gasteiger partial charge in [-0.1, -0.05) is 23.9 Å². The van der Waals surface area contributed by atoms with Gasteiger partial charge in [0, 0.05) is 19.2 Å². The minimum absolute atomic E-state index is 0.0581. The lowest BCUT2D eigenvalue weighted by molar-refractivity contribution is -0.127. The van der Waals surface area contributed by atoms with Crippen LogP contribution in [0, 0.1) is 6.92 Å². The molecule has 7 nitrogen and oxygen atoms in total. The summed E-state index contributed by atoms with van der Waals surface area (Å²) in [5.74, 6) is -0.778. The van der Waals surface area contributed by atoms with E-state index in [0.29, 0.717) is 28.7 Å². The van der Waals surface area contributed by atoms with E-state index in [2.05, 4.69) is 10.3 Å². The monoisotopic (exact) mass is 425 g/mol. The molecule has 2 amide bonds. The van der Waals surface area contributed by atoms with Crippen molar-refractivity contribution in [1.82, 2.24) is 4.90 Å². The number of benzene rings is 2. The van der Waals surface area contributed by atoms with E-state index in [9.17, 15) is 14.4 Å². The molecule has 0 radical (unpaired) electrons. The number of carbonyl (C=O) groups is 3. The van der Waals surface area contributed by atoms with E-state index in [1.165, 1.54) is 16.7 Å². The number of aryl methyl sites for hydroxylation is 1. The Labute approximate surface area is 179 Å².